The number of benzene rings is 1. The Morgan fingerprint density at radius 1 is 1.14 bits per heavy atom. The summed E-state index contributed by atoms with van der Waals surface area (Å²) in [6.07, 6.45) is 0. The number of nitriles is 1. The molecule has 6 heteroatoms. The molecule has 114 valence electrons. The molecule has 22 heavy (non-hydrogen) atoms. The molecule has 2 aromatic rings. The number of hydrogen-bond donors (Lipinski definition) is 1. The first-order valence-electron chi connectivity index (χ1n) is 7.46. The number of likely N-dealkylation sites (N-methyl/N-ethyl adjacent to an activating group) is 1. The fourth-order valence-electron chi connectivity index (χ4n) is 2.90. The SMILES string of the molecule is CNc1nnc(C)c2cc(C#N)c(N3CCN(C)CC3)cc12. The molecule has 1 N–H and O–H groups in total. The molecule has 0 radical (unpaired) electrons. The summed E-state index contributed by atoms with van der Waals surface area (Å²) in [4.78, 5) is 4.59. The van der Waals surface area contributed by atoms with Crippen LogP contribution in [-0.4, -0.2) is 55.4 Å². The van der Waals surface area contributed by atoms with E-state index >= 15 is 0 Å². The lowest BCUT2D eigenvalue weighted by atomic mass is 10.0. The van der Waals surface area contributed by atoms with Crippen molar-refractivity contribution in [3.05, 3.63) is 23.4 Å². The second-order valence-corrected chi connectivity index (χ2v) is 5.70. The number of aromatic nitrogens is 2. The van der Waals surface area contributed by atoms with Crippen LogP contribution in [0.1, 0.15) is 11.3 Å². The van der Waals surface area contributed by atoms with E-state index in [1.54, 1.807) is 0 Å². The van der Waals surface area contributed by atoms with Gasteiger partial charge in [0.1, 0.15) is 6.07 Å². The fraction of sp³-hybridized carbons (Fsp3) is 0.438. The Balaban J connectivity index is 2.15. The van der Waals surface area contributed by atoms with E-state index in [0.29, 0.717) is 5.56 Å². The van der Waals surface area contributed by atoms with Crippen molar-refractivity contribution in [3.8, 4) is 6.07 Å². The van der Waals surface area contributed by atoms with Crippen LogP contribution in [0.3, 0.4) is 0 Å². The smallest absolute Gasteiger partial charge is 0.156 e. The first kappa shape index (κ1) is 14.5. The predicted molar refractivity (Wildman–Crippen MR) is 88.2 cm³/mol. The number of rotatable bonds is 2. The molecule has 0 atom stereocenters. The van der Waals surface area contributed by atoms with Crippen molar-refractivity contribution in [2.75, 3.05) is 50.5 Å². The van der Waals surface area contributed by atoms with Gasteiger partial charge in [-0.05, 0) is 26.1 Å². The molecule has 0 saturated carbocycles. The molecule has 1 aromatic heterocycles. The number of fused-ring (bicyclic) bond motifs is 1. The van der Waals surface area contributed by atoms with E-state index in [4.69, 9.17) is 0 Å². The molecule has 3 rings (SSSR count). The predicted octanol–water partition coefficient (Wildman–Crippen LogP) is 1.60. The average molecular weight is 296 g/mol. The monoisotopic (exact) mass is 296 g/mol. The van der Waals surface area contributed by atoms with Gasteiger partial charge in [0.2, 0.25) is 0 Å². The summed E-state index contributed by atoms with van der Waals surface area (Å²) in [5, 5.41) is 23.0. The lowest BCUT2D eigenvalue weighted by Gasteiger charge is -2.34. The minimum Gasteiger partial charge on any atom is -0.371 e. The number of aryl methyl sites for hydroxylation is 1. The Bertz CT molecular complexity index is 740. The Morgan fingerprint density at radius 2 is 1.86 bits per heavy atom. The molecule has 1 saturated heterocycles. The minimum atomic E-state index is 0.704. The highest BCUT2D eigenvalue weighted by atomic mass is 15.2. The molecule has 0 amide bonds. The van der Waals surface area contributed by atoms with Crippen LogP contribution in [-0.2, 0) is 0 Å². The maximum Gasteiger partial charge on any atom is 0.156 e. The first-order valence-corrected chi connectivity index (χ1v) is 7.46. The number of hydrogen-bond acceptors (Lipinski definition) is 6. The minimum absolute atomic E-state index is 0.704. The Hall–Kier alpha value is -2.39. The summed E-state index contributed by atoms with van der Waals surface area (Å²) >= 11 is 0. The van der Waals surface area contributed by atoms with Gasteiger partial charge in [0.05, 0.1) is 16.9 Å². The van der Waals surface area contributed by atoms with Crippen LogP contribution in [0.15, 0.2) is 12.1 Å². The summed E-state index contributed by atoms with van der Waals surface area (Å²) in [5.74, 6) is 0.750. The van der Waals surface area contributed by atoms with Crippen LogP contribution in [0.2, 0.25) is 0 Å². The Morgan fingerprint density at radius 3 is 2.50 bits per heavy atom. The highest BCUT2D eigenvalue weighted by molar-refractivity contribution is 5.97. The van der Waals surface area contributed by atoms with Crippen molar-refractivity contribution in [3.63, 3.8) is 0 Å². The zero-order valence-corrected chi connectivity index (χ0v) is 13.2. The van der Waals surface area contributed by atoms with Gasteiger partial charge in [-0.1, -0.05) is 0 Å². The number of piperazine rings is 1. The second kappa shape index (κ2) is 5.78. The molecular weight excluding hydrogens is 276 g/mol. The topological polar surface area (TPSA) is 68.1 Å². The van der Waals surface area contributed by atoms with Crippen molar-refractivity contribution in [1.82, 2.24) is 15.1 Å². The van der Waals surface area contributed by atoms with Gasteiger partial charge in [-0.15, -0.1) is 5.10 Å². The Labute approximate surface area is 130 Å². The van der Waals surface area contributed by atoms with Crippen molar-refractivity contribution < 1.29 is 0 Å². The zero-order chi connectivity index (χ0) is 15.7. The van der Waals surface area contributed by atoms with Gasteiger partial charge >= 0.3 is 0 Å². The van der Waals surface area contributed by atoms with Crippen LogP contribution in [0, 0.1) is 18.3 Å². The lowest BCUT2D eigenvalue weighted by molar-refractivity contribution is 0.313. The first-order chi connectivity index (χ1) is 10.6. The summed E-state index contributed by atoms with van der Waals surface area (Å²) in [5.41, 5.74) is 2.54. The van der Waals surface area contributed by atoms with Crippen LogP contribution in [0.25, 0.3) is 10.8 Å². The van der Waals surface area contributed by atoms with E-state index in [-0.39, 0.29) is 0 Å². The van der Waals surface area contributed by atoms with E-state index in [0.717, 1.165) is 54.2 Å². The van der Waals surface area contributed by atoms with Gasteiger partial charge in [0.15, 0.2) is 5.82 Å². The highest BCUT2D eigenvalue weighted by Crippen LogP contribution is 2.31. The maximum atomic E-state index is 9.54. The second-order valence-electron chi connectivity index (χ2n) is 5.70. The quantitative estimate of drug-likeness (QED) is 0.908. The van der Waals surface area contributed by atoms with Gasteiger partial charge in [-0.3, -0.25) is 0 Å². The van der Waals surface area contributed by atoms with Gasteiger partial charge < -0.3 is 15.1 Å². The molecule has 1 aliphatic heterocycles. The van der Waals surface area contributed by atoms with E-state index in [2.05, 4.69) is 44.5 Å². The summed E-state index contributed by atoms with van der Waals surface area (Å²) in [6, 6.07) is 6.35. The van der Waals surface area contributed by atoms with Gasteiger partial charge in [-0.25, -0.2) is 0 Å². The summed E-state index contributed by atoms with van der Waals surface area (Å²) < 4.78 is 0. The van der Waals surface area contributed by atoms with E-state index in [9.17, 15) is 5.26 Å². The number of nitrogens with zero attached hydrogens (tertiary/aromatic N) is 5. The molecular formula is C16H20N6. The third-order valence-corrected chi connectivity index (χ3v) is 4.28. The van der Waals surface area contributed by atoms with Gasteiger partial charge in [-0.2, -0.15) is 10.4 Å². The van der Waals surface area contributed by atoms with Crippen LogP contribution in [0.5, 0.6) is 0 Å². The molecule has 0 aliphatic carbocycles. The molecule has 1 aromatic carbocycles. The summed E-state index contributed by atoms with van der Waals surface area (Å²) in [7, 11) is 3.97. The largest absolute Gasteiger partial charge is 0.371 e. The van der Waals surface area contributed by atoms with Crippen LogP contribution >= 0.6 is 0 Å². The molecule has 2 heterocycles. The molecule has 0 spiro atoms. The molecule has 1 aliphatic rings. The number of anilines is 2. The van der Waals surface area contributed by atoms with Gasteiger partial charge in [0.25, 0.3) is 0 Å². The Kier molecular flexibility index (Phi) is 3.82. The van der Waals surface area contributed by atoms with E-state index in [1.165, 1.54) is 0 Å². The van der Waals surface area contributed by atoms with E-state index < -0.39 is 0 Å². The van der Waals surface area contributed by atoms with Crippen molar-refractivity contribution in [1.29, 1.82) is 5.26 Å². The lowest BCUT2D eigenvalue weighted by Crippen LogP contribution is -2.44. The van der Waals surface area contributed by atoms with Crippen molar-refractivity contribution >= 4 is 22.3 Å². The van der Waals surface area contributed by atoms with Crippen LogP contribution < -0.4 is 10.2 Å². The fourth-order valence-corrected chi connectivity index (χ4v) is 2.90. The molecule has 1 fully saturated rings. The van der Waals surface area contributed by atoms with Gasteiger partial charge in [0, 0.05) is 44.0 Å². The highest BCUT2D eigenvalue weighted by Gasteiger charge is 2.19. The number of nitrogens with one attached hydrogen (secondary N) is 1. The maximum absolute atomic E-state index is 9.54. The third kappa shape index (κ3) is 2.44. The molecule has 0 unspecified atom stereocenters. The van der Waals surface area contributed by atoms with Crippen molar-refractivity contribution in [2.45, 2.75) is 6.92 Å². The molecule has 0 bridgehead atoms. The summed E-state index contributed by atoms with van der Waals surface area (Å²) in [6.45, 7) is 5.81. The molecule has 6 nitrogen and oxygen atoms in total. The third-order valence-electron chi connectivity index (χ3n) is 4.28. The standard InChI is InChI=1S/C16H20N6/c1-11-13-8-12(10-17)15(22-6-4-21(3)5-7-22)9-14(13)16(18-2)20-19-11/h8-9H,4-7H2,1-3H3,(H,18,20). The van der Waals surface area contributed by atoms with Crippen LogP contribution in [0.4, 0.5) is 11.5 Å². The normalized spacial score (nSPS) is 15.8. The average Bonchev–Trinajstić information content (AvgIpc) is 2.55. The van der Waals surface area contributed by atoms with E-state index in [1.807, 2.05) is 20.0 Å². The van der Waals surface area contributed by atoms with Crippen molar-refractivity contribution in [2.24, 2.45) is 0 Å². The zero-order valence-electron chi connectivity index (χ0n) is 13.2.